The Morgan fingerprint density at radius 3 is 2.74 bits per heavy atom. The first-order valence-corrected chi connectivity index (χ1v) is 7.00. The molecule has 1 aromatic carbocycles. The first-order valence-electron chi connectivity index (χ1n) is 6.24. The fourth-order valence-corrected chi connectivity index (χ4v) is 2.95. The molecule has 0 bridgehead atoms. The third kappa shape index (κ3) is 3.22. The molecule has 1 aliphatic heterocycles. The lowest BCUT2D eigenvalue weighted by Gasteiger charge is -2.35. The SMILES string of the molecule is COC(=O)[C@H]1CN(C)CC[C@H]1c1ccc(Cl)c(Cl)c1. The molecule has 0 amide bonds. The fraction of sp³-hybridized carbons (Fsp3) is 0.500. The Hall–Kier alpha value is -0.770. The van der Waals surface area contributed by atoms with Gasteiger partial charge in [0.05, 0.1) is 23.1 Å². The number of carbonyl (C=O) groups excluding carboxylic acids is 1. The topological polar surface area (TPSA) is 29.5 Å². The van der Waals surface area contributed by atoms with Crippen LogP contribution in [-0.4, -0.2) is 38.1 Å². The molecule has 2 rings (SSSR count). The average Bonchev–Trinajstić information content (AvgIpc) is 2.41. The van der Waals surface area contributed by atoms with Gasteiger partial charge < -0.3 is 9.64 Å². The standard InChI is InChI=1S/C14H17Cl2NO2/c1-17-6-5-10(11(8-17)14(18)19-2)9-3-4-12(15)13(16)7-9/h3-4,7,10-11H,5-6,8H2,1-2H3/t10-,11-/m0/s1. The molecule has 104 valence electrons. The summed E-state index contributed by atoms with van der Waals surface area (Å²) in [4.78, 5) is 14.1. The molecule has 3 nitrogen and oxygen atoms in total. The van der Waals surface area contributed by atoms with E-state index in [4.69, 9.17) is 27.9 Å². The van der Waals surface area contributed by atoms with Crippen LogP contribution in [0.4, 0.5) is 0 Å². The number of esters is 1. The van der Waals surface area contributed by atoms with Crippen molar-refractivity contribution in [1.29, 1.82) is 0 Å². The van der Waals surface area contributed by atoms with Crippen LogP contribution in [0.1, 0.15) is 17.9 Å². The summed E-state index contributed by atoms with van der Waals surface area (Å²) in [6.07, 6.45) is 0.911. The maximum Gasteiger partial charge on any atom is 0.310 e. The van der Waals surface area contributed by atoms with E-state index in [0.717, 1.165) is 18.5 Å². The summed E-state index contributed by atoms with van der Waals surface area (Å²) in [7, 11) is 3.45. The highest BCUT2D eigenvalue weighted by atomic mass is 35.5. The van der Waals surface area contributed by atoms with Crippen LogP contribution in [-0.2, 0) is 9.53 Å². The highest BCUT2D eigenvalue weighted by Gasteiger charge is 2.35. The molecule has 1 heterocycles. The molecule has 0 N–H and O–H groups in total. The van der Waals surface area contributed by atoms with Crippen molar-refractivity contribution in [2.75, 3.05) is 27.2 Å². The third-order valence-electron chi connectivity index (χ3n) is 3.69. The van der Waals surface area contributed by atoms with Crippen LogP contribution in [0.3, 0.4) is 0 Å². The van der Waals surface area contributed by atoms with Gasteiger partial charge in [-0.1, -0.05) is 29.3 Å². The largest absolute Gasteiger partial charge is 0.469 e. The number of likely N-dealkylation sites (tertiary alicyclic amines) is 1. The summed E-state index contributed by atoms with van der Waals surface area (Å²) in [6, 6.07) is 5.59. The van der Waals surface area contributed by atoms with Gasteiger partial charge in [-0.25, -0.2) is 0 Å². The Morgan fingerprint density at radius 1 is 1.37 bits per heavy atom. The molecule has 19 heavy (non-hydrogen) atoms. The molecule has 5 heteroatoms. The van der Waals surface area contributed by atoms with Crippen molar-refractivity contribution in [3.8, 4) is 0 Å². The third-order valence-corrected chi connectivity index (χ3v) is 4.43. The lowest BCUT2D eigenvalue weighted by Crippen LogP contribution is -2.41. The quantitative estimate of drug-likeness (QED) is 0.786. The van der Waals surface area contributed by atoms with Crippen LogP contribution in [0.5, 0.6) is 0 Å². The summed E-state index contributed by atoms with van der Waals surface area (Å²) in [5, 5.41) is 1.06. The van der Waals surface area contributed by atoms with Gasteiger partial charge in [-0.2, -0.15) is 0 Å². The molecule has 1 fully saturated rings. The van der Waals surface area contributed by atoms with Gasteiger partial charge in [0.15, 0.2) is 0 Å². The normalized spacial score (nSPS) is 24.2. The first kappa shape index (κ1) is 14.6. The van der Waals surface area contributed by atoms with Crippen LogP contribution in [0.2, 0.25) is 10.0 Å². The minimum Gasteiger partial charge on any atom is -0.469 e. The van der Waals surface area contributed by atoms with Crippen LogP contribution < -0.4 is 0 Å². The van der Waals surface area contributed by atoms with Gasteiger partial charge in [-0.05, 0) is 43.6 Å². The Labute approximate surface area is 123 Å². The van der Waals surface area contributed by atoms with Gasteiger partial charge in [-0.3, -0.25) is 4.79 Å². The number of piperidine rings is 1. The second kappa shape index (κ2) is 6.12. The van der Waals surface area contributed by atoms with E-state index in [1.807, 2.05) is 19.2 Å². The number of carbonyl (C=O) groups is 1. The number of benzene rings is 1. The van der Waals surface area contributed by atoms with Crippen LogP contribution in [0.25, 0.3) is 0 Å². The maximum atomic E-state index is 11.9. The summed E-state index contributed by atoms with van der Waals surface area (Å²) in [5.74, 6) is -0.179. The fourth-order valence-electron chi connectivity index (χ4n) is 2.65. The second-order valence-electron chi connectivity index (χ2n) is 4.96. The van der Waals surface area contributed by atoms with Gasteiger partial charge in [0, 0.05) is 6.54 Å². The molecule has 0 unspecified atom stereocenters. The Balaban J connectivity index is 2.29. The number of hydrogen-bond donors (Lipinski definition) is 0. The Morgan fingerprint density at radius 2 is 2.11 bits per heavy atom. The van der Waals surface area contributed by atoms with Crippen molar-refractivity contribution >= 4 is 29.2 Å². The van der Waals surface area contributed by atoms with Crippen molar-refractivity contribution in [2.24, 2.45) is 5.92 Å². The number of ether oxygens (including phenoxy) is 1. The Bertz CT molecular complexity index is 479. The maximum absolute atomic E-state index is 11.9. The van der Waals surface area contributed by atoms with E-state index in [9.17, 15) is 4.79 Å². The van der Waals surface area contributed by atoms with Crippen molar-refractivity contribution in [1.82, 2.24) is 4.90 Å². The second-order valence-corrected chi connectivity index (χ2v) is 5.78. The van der Waals surface area contributed by atoms with Crippen molar-refractivity contribution < 1.29 is 9.53 Å². The monoisotopic (exact) mass is 301 g/mol. The molecule has 2 atom stereocenters. The molecular weight excluding hydrogens is 285 g/mol. The minimum absolute atomic E-state index is 0.137. The number of halogens is 2. The van der Waals surface area contributed by atoms with E-state index in [1.165, 1.54) is 7.11 Å². The minimum atomic E-state index is -0.164. The summed E-state index contributed by atoms with van der Waals surface area (Å²) in [5.41, 5.74) is 1.05. The van der Waals surface area contributed by atoms with E-state index < -0.39 is 0 Å². The van der Waals surface area contributed by atoms with E-state index in [0.29, 0.717) is 16.6 Å². The van der Waals surface area contributed by atoms with Gasteiger partial charge in [0.1, 0.15) is 0 Å². The molecule has 1 aliphatic rings. The van der Waals surface area contributed by atoms with Crippen LogP contribution >= 0.6 is 23.2 Å². The van der Waals surface area contributed by atoms with Crippen LogP contribution in [0.15, 0.2) is 18.2 Å². The predicted octanol–water partition coefficient (Wildman–Crippen LogP) is 3.20. The van der Waals surface area contributed by atoms with Crippen molar-refractivity contribution in [2.45, 2.75) is 12.3 Å². The smallest absolute Gasteiger partial charge is 0.310 e. The molecule has 0 saturated carbocycles. The van der Waals surface area contributed by atoms with E-state index in [2.05, 4.69) is 4.90 Å². The first-order chi connectivity index (χ1) is 9.02. The van der Waals surface area contributed by atoms with Gasteiger partial charge in [0.25, 0.3) is 0 Å². The predicted molar refractivity (Wildman–Crippen MR) is 76.8 cm³/mol. The van der Waals surface area contributed by atoms with Gasteiger partial charge >= 0.3 is 5.97 Å². The molecule has 0 radical (unpaired) electrons. The van der Waals surface area contributed by atoms with E-state index in [-0.39, 0.29) is 17.8 Å². The molecule has 1 aromatic rings. The van der Waals surface area contributed by atoms with E-state index in [1.54, 1.807) is 6.07 Å². The molecule has 1 saturated heterocycles. The van der Waals surface area contributed by atoms with Gasteiger partial charge in [-0.15, -0.1) is 0 Å². The summed E-state index contributed by atoms with van der Waals surface area (Å²) in [6.45, 7) is 1.66. The molecule has 0 aromatic heterocycles. The molecule has 0 spiro atoms. The highest BCUT2D eigenvalue weighted by molar-refractivity contribution is 6.42. The zero-order valence-electron chi connectivity index (χ0n) is 11.0. The Kier molecular flexibility index (Phi) is 4.71. The average molecular weight is 302 g/mol. The number of nitrogens with zero attached hydrogens (tertiary/aromatic N) is 1. The van der Waals surface area contributed by atoms with E-state index >= 15 is 0 Å². The lowest BCUT2D eigenvalue weighted by molar-refractivity contribution is -0.148. The number of rotatable bonds is 2. The van der Waals surface area contributed by atoms with Crippen LogP contribution in [0, 0.1) is 5.92 Å². The number of methoxy groups -OCH3 is 1. The number of hydrogen-bond acceptors (Lipinski definition) is 3. The van der Waals surface area contributed by atoms with Crippen molar-refractivity contribution in [3.63, 3.8) is 0 Å². The van der Waals surface area contributed by atoms with Crippen molar-refractivity contribution in [3.05, 3.63) is 33.8 Å². The lowest BCUT2D eigenvalue weighted by atomic mass is 9.80. The summed E-state index contributed by atoms with van der Waals surface area (Å²) >= 11 is 12.0. The zero-order valence-corrected chi connectivity index (χ0v) is 12.5. The van der Waals surface area contributed by atoms with Gasteiger partial charge in [0.2, 0.25) is 0 Å². The highest BCUT2D eigenvalue weighted by Crippen LogP contribution is 2.36. The summed E-state index contributed by atoms with van der Waals surface area (Å²) < 4.78 is 4.92. The molecular formula is C14H17Cl2NO2. The zero-order chi connectivity index (χ0) is 14.0. The molecule has 0 aliphatic carbocycles.